The lowest BCUT2D eigenvalue weighted by molar-refractivity contribution is 0.0642. The first kappa shape index (κ1) is 12.0. The van der Waals surface area contributed by atoms with E-state index < -0.39 is 0 Å². The van der Waals surface area contributed by atoms with E-state index in [0.717, 1.165) is 25.2 Å². The minimum absolute atomic E-state index is 0.176. The highest BCUT2D eigenvalue weighted by molar-refractivity contribution is 4.83. The molecular formula is C12H24O2. The van der Waals surface area contributed by atoms with E-state index in [9.17, 15) is 5.11 Å². The number of rotatable bonds is 4. The maximum Gasteiger partial charge on any atom is 0.0484 e. The highest BCUT2D eigenvalue weighted by Crippen LogP contribution is 2.41. The standard InChI is InChI=1S/C12H24O2/c1-10(5-8-13)11-3-6-12(2,9-14)7-4-11/h10-11,13-14H,3-9H2,1-2H3. The lowest BCUT2D eigenvalue weighted by Crippen LogP contribution is -2.30. The quantitative estimate of drug-likeness (QED) is 0.730. The summed E-state index contributed by atoms with van der Waals surface area (Å²) in [7, 11) is 0. The lowest BCUT2D eigenvalue weighted by atomic mass is 9.69. The van der Waals surface area contributed by atoms with Gasteiger partial charge in [0, 0.05) is 13.2 Å². The van der Waals surface area contributed by atoms with Crippen molar-refractivity contribution in [3.63, 3.8) is 0 Å². The van der Waals surface area contributed by atoms with Gasteiger partial charge in [-0.2, -0.15) is 0 Å². The molecule has 1 atom stereocenters. The molecule has 1 aliphatic carbocycles. The Morgan fingerprint density at radius 1 is 1.29 bits per heavy atom. The molecule has 0 spiro atoms. The molecule has 2 N–H and O–H groups in total. The van der Waals surface area contributed by atoms with E-state index in [1.165, 1.54) is 12.8 Å². The van der Waals surface area contributed by atoms with Crippen molar-refractivity contribution in [1.29, 1.82) is 0 Å². The van der Waals surface area contributed by atoms with Gasteiger partial charge in [-0.3, -0.25) is 0 Å². The van der Waals surface area contributed by atoms with Crippen molar-refractivity contribution >= 4 is 0 Å². The van der Waals surface area contributed by atoms with Gasteiger partial charge in [0.05, 0.1) is 0 Å². The molecule has 2 heteroatoms. The Balaban J connectivity index is 2.35. The molecule has 0 aliphatic heterocycles. The molecule has 0 heterocycles. The minimum Gasteiger partial charge on any atom is -0.396 e. The molecule has 14 heavy (non-hydrogen) atoms. The highest BCUT2D eigenvalue weighted by atomic mass is 16.3. The van der Waals surface area contributed by atoms with Gasteiger partial charge in [0.1, 0.15) is 0 Å². The topological polar surface area (TPSA) is 40.5 Å². The second kappa shape index (κ2) is 5.13. The molecule has 0 aromatic carbocycles. The number of hydrogen-bond acceptors (Lipinski definition) is 2. The largest absolute Gasteiger partial charge is 0.396 e. The first-order valence-corrected chi connectivity index (χ1v) is 5.83. The predicted octanol–water partition coefficient (Wildman–Crippen LogP) is 2.19. The molecule has 1 saturated carbocycles. The summed E-state index contributed by atoms with van der Waals surface area (Å²) in [6.07, 6.45) is 5.66. The number of hydrogen-bond donors (Lipinski definition) is 2. The van der Waals surface area contributed by atoms with Crippen LogP contribution in [0.4, 0.5) is 0 Å². The van der Waals surface area contributed by atoms with Crippen LogP contribution in [0.2, 0.25) is 0 Å². The Kier molecular flexibility index (Phi) is 4.39. The van der Waals surface area contributed by atoms with E-state index >= 15 is 0 Å². The van der Waals surface area contributed by atoms with E-state index in [2.05, 4.69) is 13.8 Å². The third kappa shape index (κ3) is 2.96. The summed E-state index contributed by atoms with van der Waals surface area (Å²) in [5.41, 5.74) is 0.176. The summed E-state index contributed by atoms with van der Waals surface area (Å²) in [6.45, 7) is 5.06. The van der Waals surface area contributed by atoms with Gasteiger partial charge in [-0.25, -0.2) is 0 Å². The third-order valence-corrected chi connectivity index (χ3v) is 4.01. The monoisotopic (exact) mass is 200 g/mol. The second-order valence-electron chi connectivity index (χ2n) is 5.30. The highest BCUT2D eigenvalue weighted by Gasteiger charge is 2.32. The molecule has 0 radical (unpaired) electrons. The molecule has 2 nitrogen and oxygen atoms in total. The van der Waals surface area contributed by atoms with Gasteiger partial charge in [0.2, 0.25) is 0 Å². The fourth-order valence-electron chi connectivity index (χ4n) is 2.50. The number of aliphatic hydroxyl groups excluding tert-OH is 2. The van der Waals surface area contributed by atoms with Crippen LogP contribution in [-0.4, -0.2) is 23.4 Å². The second-order valence-corrected chi connectivity index (χ2v) is 5.30. The first-order valence-electron chi connectivity index (χ1n) is 5.83. The Morgan fingerprint density at radius 2 is 1.86 bits per heavy atom. The normalized spacial score (nSPS) is 35.6. The minimum atomic E-state index is 0.176. The van der Waals surface area contributed by atoms with E-state index in [-0.39, 0.29) is 5.41 Å². The van der Waals surface area contributed by atoms with Gasteiger partial charge in [0.25, 0.3) is 0 Å². The molecule has 0 aromatic heterocycles. The number of aliphatic hydroxyl groups is 2. The van der Waals surface area contributed by atoms with Crippen molar-refractivity contribution in [3.05, 3.63) is 0 Å². The molecule has 0 saturated heterocycles. The van der Waals surface area contributed by atoms with Crippen molar-refractivity contribution in [2.75, 3.05) is 13.2 Å². The molecule has 0 bridgehead atoms. The van der Waals surface area contributed by atoms with Crippen LogP contribution < -0.4 is 0 Å². The summed E-state index contributed by atoms with van der Waals surface area (Å²) in [5.74, 6) is 1.41. The van der Waals surface area contributed by atoms with E-state index in [4.69, 9.17) is 5.11 Å². The van der Waals surface area contributed by atoms with Crippen molar-refractivity contribution in [2.45, 2.75) is 46.0 Å². The fraction of sp³-hybridized carbons (Fsp3) is 1.00. The molecule has 0 amide bonds. The maximum atomic E-state index is 9.24. The Morgan fingerprint density at radius 3 is 2.29 bits per heavy atom. The predicted molar refractivity (Wildman–Crippen MR) is 58.0 cm³/mol. The van der Waals surface area contributed by atoms with Crippen LogP contribution in [0.25, 0.3) is 0 Å². The van der Waals surface area contributed by atoms with Crippen LogP contribution in [0.15, 0.2) is 0 Å². The van der Waals surface area contributed by atoms with Crippen LogP contribution in [0, 0.1) is 17.3 Å². The van der Waals surface area contributed by atoms with Crippen molar-refractivity contribution < 1.29 is 10.2 Å². The summed E-state index contributed by atoms with van der Waals surface area (Å²) >= 11 is 0. The Bertz CT molecular complexity index is 160. The molecule has 1 aliphatic rings. The Hall–Kier alpha value is -0.0800. The van der Waals surface area contributed by atoms with Gasteiger partial charge >= 0.3 is 0 Å². The van der Waals surface area contributed by atoms with Gasteiger partial charge in [0.15, 0.2) is 0 Å². The molecule has 84 valence electrons. The summed E-state index contributed by atoms with van der Waals surface area (Å²) < 4.78 is 0. The molecular weight excluding hydrogens is 176 g/mol. The fourth-order valence-corrected chi connectivity index (χ4v) is 2.50. The van der Waals surface area contributed by atoms with Gasteiger partial charge in [-0.15, -0.1) is 0 Å². The molecule has 0 aromatic rings. The summed E-state index contributed by atoms with van der Waals surface area (Å²) in [6, 6.07) is 0. The van der Waals surface area contributed by atoms with E-state index in [0.29, 0.717) is 19.1 Å². The summed E-state index contributed by atoms with van der Waals surface area (Å²) in [4.78, 5) is 0. The van der Waals surface area contributed by atoms with Crippen molar-refractivity contribution in [2.24, 2.45) is 17.3 Å². The van der Waals surface area contributed by atoms with E-state index in [1.54, 1.807) is 0 Å². The molecule has 1 fully saturated rings. The van der Waals surface area contributed by atoms with Gasteiger partial charge < -0.3 is 10.2 Å². The zero-order valence-corrected chi connectivity index (χ0v) is 9.50. The van der Waals surface area contributed by atoms with Crippen LogP contribution in [0.3, 0.4) is 0 Å². The van der Waals surface area contributed by atoms with Crippen LogP contribution in [-0.2, 0) is 0 Å². The SMILES string of the molecule is CC(CCO)C1CCC(C)(CO)CC1. The van der Waals surface area contributed by atoms with Crippen LogP contribution in [0.5, 0.6) is 0 Å². The summed E-state index contributed by atoms with van der Waals surface area (Å²) in [5, 5.41) is 18.1. The van der Waals surface area contributed by atoms with Crippen LogP contribution in [0.1, 0.15) is 46.0 Å². The smallest absolute Gasteiger partial charge is 0.0484 e. The zero-order chi connectivity index (χ0) is 10.6. The zero-order valence-electron chi connectivity index (χ0n) is 9.50. The average molecular weight is 200 g/mol. The van der Waals surface area contributed by atoms with Crippen molar-refractivity contribution in [1.82, 2.24) is 0 Å². The Labute approximate surface area is 87.3 Å². The van der Waals surface area contributed by atoms with Crippen molar-refractivity contribution in [3.8, 4) is 0 Å². The van der Waals surface area contributed by atoms with E-state index in [1.807, 2.05) is 0 Å². The van der Waals surface area contributed by atoms with Gasteiger partial charge in [-0.1, -0.05) is 13.8 Å². The molecule has 1 unspecified atom stereocenters. The lowest BCUT2D eigenvalue weighted by Gasteiger charge is -2.38. The third-order valence-electron chi connectivity index (χ3n) is 4.01. The van der Waals surface area contributed by atoms with Gasteiger partial charge in [-0.05, 0) is 49.4 Å². The first-order chi connectivity index (χ1) is 6.61. The van der Waals surface area contributed by atoms with Crippen LogP contribution >= 0.6 is 0 Å². The maximum absolute atomic E-state index is 9.24. The average Bonchev–Trinajstić information content (AvgIpc) is 2.19. The molecule has 1 rings (SSSR count).